The van der Waals surface area contributed by atoms with Crippen molar-refractivity contribution < 1.29 is 9.53 Å². The Bertz CT molecular complexity index is 1180. The van der Waals surface area contributed by atoms with Gasteiger partial charge in [-0.1, -0.05) is 54.6 Å². The summed E-state index contributed by atoms with van der Waals surface area (Å²) >= 11 is 0. The van der Waals surface area contributed by atoms with Gasteiger partial charge in [-0.2, -0.15) is 0 Å². The number of carbonyl (C=O) groups excluding carboxylic acids is 1. The third-order valence-electron chi connectivity index (χ3n) is 5.69. The molecule has 0 fully saturated rings. The number of nitrogens with one attached hydrogen (secondary N) is 1. The minimum atomic E-state index is -0.199. The van der Waals surface area contributed by atoms with Gasteiger partial charge >= 0.3 is 0 Å². The predicted octanol–water partition coefficient (Wildman–Crippen LogP) is 5.05. The number of imidazole rings is 1. The second-order valence-electron chi connectivity index (χ2n) is 7.74. The highest BCUT2D eigenvalue weighted by atomic mass is 16.5. The number of amides is 1. The average Bonchev–Trinajstić information content (AvgIpc) is 3.23. The van der Waals surface area contributed by atoms with Crippen LogP contribution in [0.15, 0.2) is 79.0 Å². The van der Waals surface area contributed by atoms with Crippen LogP contribution < -0.4 is 10.1 Å². The summed E-state index contributed by atoms with van der Waals surface area (Å²) in [5.74, 6) is 0.547. The predicted molar refractivity (Wildman–Crippen MR) is 122 cm³/mol. The molecule has 0 aliphatic heterocycles. The minimum Gasteiger partial charge on any atom is -0.496 e. The second-order valence-corrected chi connectivity index (χ2v) is 7.74. The Morgan fingerprint density at radius 3 is 2.55 bits per heavy atom. The summed E-state index contributed by atoms with van der Waals surface area (Å²) in [6.07, 6.45) is 2.16. The average molecular weight is 414 g/mol. The van der Waals surface area contributed by atoms with Gasteiger partial charge in [0, 0.05) is 29.8 Å². The van der Waals surface area contributed by atoms with Gasteiger partial charge < -0.3 is 14.5 Å². The van der Waals surface area contributed by atoms with Gasteiger partial charge in [0.05, 0.1) is 18.8 Å². The number of nitrogens with zero attached hydrogens (tertiary/aromatic N) is 2. The molecule has 5 heteroatoms. The van der Waals surface area contributed by atoms with Crippen molar-refractivity contribution in [1.82, 2.24) is 14.7 Å². The summed E-state index contributed by atoms with van der Waals surface area (Å²) in [6.45, 7) is 4.05. The van der Waals surface area contributed by atoms with E-state index in [0.29, 0.717) is 6.42 Å². The van der Waals surface area contributed by atoms with Crippen LogP contribution in [0.2, 0.25) is 0 Å². The molecule has 2 aromatic carbocycles. The van der Waals surface area contributed by atoms with E-state index in [9.17, 15) is 4.79 Å². The molecule has 2 atom stereocenters. The lowest BCUT2D eigenvalue weighted by molar-refractivity contribution is -0.122. The molecule has 2 unspecified atom stereocenters. The molecule has 0 spiro atoms. The Morgan fingerprint density at radius 2 is 1.77 bits per heavy atom. The monoisotopic (exact) mass is 413 g/mol. The molecular weight excluding hydrogens is 386 g/mol. The van der Waals surface area contributed by atoms with Gasteiger partial charge in [0.25, 0.3) is 0 Å². The Morgan fingerprint density at radius 1 is 1.03 bits per heavy atom. The fraction of sp³-hybridized carbons (Fsp3) is 0.231. The van der Waals surface area contributed by atoms with Crippen LogP contribution in [0.4, 0.5) is 0 Å². The van der Waals surface area contributed by atoms with E-state index in [-0.39, 0.29) is 17.9 Å². The Hall–Kier alpha value is -3.60. The zero-order valence-corrected chi connectivity index (χ0v) is 18.1. The molecule has 2 aromatic heterocycles. The number of ether oxygens (including phenoxy) is 1. The molecular formula is C26H27N3O2. The third kappa shape index (κ3) is 4.31. The van der Waals surface area contributed by atoms with Gasteiger partial charge in [0.15, 0.2) is 0 Å². The van der Waals surface area contributed by atoms with Crippen molar-refractivity contribution in [2.24, 2.45) is 0 Å². The summed E-state index contributed by atoms with van der Waals surface area (Å²) in [5.41, 5.74) is 4.96. The van der Waals surface area contributed by atoms with Crippen molar-refractivity contribution >= 4 is 11.6 Å². The molecule has 158 valence electrons. The number of aromatic nitrogens is 2. The topological polar surface area (TPSA) is 55.6 Å². The van der Waals surface area contributed by atoms with Crippen molar-refractivity contribution in [3.05, 3.63) is 102 Å². The van der Waals surface area contributed by atoms with Gasteiger partial charge in [-0.05, 0) is 37.6 Å². The first-order chi connectivity index (χ1) is 15.1. The Labute approximate surface area is 182 Å². The smallest absolute Gasteiger partial charge is 0.221 e. The van der Waals surface area contributed by atoms with Gasteiger partial charge in [-0.3, -0.25) is 4.79 Å². The van der Waals surface area contributed by atoms with Crippen LogP contribution in [0.1, 0.15) is 47.8 Å². The summed E-state index contributed by atoms with van der Waals surface area (Å²) in [7, 11) is 1.66. The van der Waals surface area contributed by atoms with Crippen LogP contribution in [0.5, 0.6) is 5.75 Å². The lowest BCUT2D eigenvalue weighted by atomic mass is 9.91. The van der Waals surface area contributed by atoms with Gasteiger partial charge in [-0.25, -0.2) is 4.98 Å². The first-order valence-electron chi connectivity index (χ1n) is 10.5. The molecule has 2 heterocycles. The molecule has 1 amide bonds. The van der Waals surface area contributed by atoms with E-state index in [1.54, 1.807) is 7.11 Å². The van der Waals surface area contributed by atoms with Crippen molar-refractivity contribution in [3.63, 3.8) is 0 Å². The summed E-state index contributed by atoms with van der Waals surface area (Å²) in [4.78, 5) is 17.7. The maximum Gasteiger partial charge on any atom is 0.221 e. The van der Waals surface area contributed by atoms with E-state index in [1.807, 2.05) is 79.9 Å². The van der Waals surface area contributed by atoms with E-state index in [1.165, 1.54) is 0 Å². The first kappa shape index (κ1) is 20.7. The number of rotatable bonds is 7. The fourth-order valence-corrected chi connectivity index (χ4v) is 4.11. The molecule has 0 aliphatic carbocycles. The number of carbonyl (C=O) groups is 1. The molecule has 4 rings (SSSR count). The lowest BCUT2D eigenvalue weighted by Crippen LogP contribution is -2.28. The van der Waals surface area contributed by atoms with Crippen molar-refractivity contribution in [3.8, 4) is 5.75 Å². The number of methoxy groups -OCH3 is 1. The molecule has 5 nitrogen and oxygen atoms in total. The minimum absolute atomic E-state index is 0.0178. The zero-order valence-electron chi connectivity index (χ0n) is 18.1. The quantitative estimate of drug-likeness (QED) is 0.461. The molecule has 1 N–H and O–H groups in total. The van der Waals surface area contributed by atoms with Crippen LogP contribution >= 0.6 is 0 Å². The van der Waals surface area contributed by atoms with Crippen molar-refractivity contribution in [1.29, 1.82) is 0 Å². The molecule has 4 aromatic rings. The van der Waals surface area contributed by atoms with Crippen LogP contribution in [-0.4, -0.2) is 22.4 Å². The van der Waals surface area contributed by atoms with Crippen molar-refractivity contribution in [2.75, 3.05) is 7.11 Å². The van der Waals surface area contributed by atoms with Crippen LogP contribution in [-0.2, 0) is 4.79 Å². The largest absolute Gasteiger partial charge is 0.496 e. The molecule has 0 bridgehead atoms. The number of benzene rings is 2. The SMILES string of the molecule is COc1ccccc1C(CC(=O)NC(C)c1ccccc1)c1cnc2cccc(C)n12. The number of para-hydroxylation sites is 1. The number of hydrogen-bond donors (Lipinski definition) is 1. The van der Waals surface area contributed by atoms with Crippen LogP contribution in [0.3, 0.4) is 0 Å². The fourth-order valence-electron chi connectivity index (χ4n) is 4.11. The van der Waals surface area contributed by atoms with Gasteiger partial charge in [-0.15, -0.1) is 0 Å². The number of aryl methyl sites for hydroxylation is 1. The van der Waals surface area contributed by atoms with E-state index < -0.39 is 0 Å². The molecule has 0 saturated heterocycles. The van der Waals surface area contributed by atoms with Crippen molar-refractivity contribution in [2.45, 2.75) is 32.2 Å². The maximum atomic E-state index is 13.1. The molecule has 0 radical (unpaired) electrons. The third-order valence-corrected chi connectivity index (χ3v) is 5.69. The normalized spacial score (nSPS) is 13.0. The van der Waals surface area contributed by atoms with Gasteiger partial charge in [0.1, 0.15) is 11.4 Å². The first-order valence-corrected chi connectivity index (χ1v) is 10.5. The summed E-state index contributed by atoms with van der Waals surface area (Å²) in [6, 6.07) is 23.8. The van der Waals surface area contributed by atoms with E-state index in [2.05, 4.69) is 27.7 Å². The van der Waals surface area contributed by atoms with Gasteiger partial charge in [0.2, 0.25) is 5.91 Å². The Balaban J connectivity index is 1.70. The molecule has 0 aliphatic rings. The highest BCUT2D eigenvalue weighted by Gasteiger charge is 2.25. The summed E-state index contributed by atoms with van der Waals surface area (Å²) < 4.78 is 7.75. The highest BCUT2D eigenvalue weighted by Crippen LogP contribution is 2.35. The maximum absolute atomic E-state index is 13.1. The summed E-state index contributed by atoms with van der Waals surface area (Å²) in [5, 5.41) is 3.15. The van der Waals surface area contributed by atoms with Crippen LogP contribution in [0.25, 0.3) is 5.65 Å². The Kier molecular flexibility index (Phi) is 6.03. The van der Waals surface area contributed by atoms with E-state index in [0.717, 1.165) is 33.9 Å². The van der Waals surface area contributed by atoms with Crippen LogP contribution in [0, 0.1) is 6.92 Å². The standard InChI is InChI=1S/C26H27N3O2/c1-18-10-9-15-25-27-17-23(29(18)25)22(21-13-7-8-14-24(21)31-3)16-26(30)28-19(2)20-11-5-4-6-12-20/h4-15,17,19,22H,16H2,1-3H3,(H,28,30). The highest BCUT2D eigenvalue weighted by molar-refractivity contribution is 5.78. The second kappa shape index (κ2) is 9.04. The number of fused-ring (bicyclic) bond motifs is 1. The zero-order chi connectivity index (χ0) is 21.8. The number of hydrogen-bond acceptors (Lipinski definition) is 3. The van der Waals surface area contributed by atoms with E-state index in [4.69, 9.17) is 4.74 Å². The molecule has 31 heavy (non-hydrogen) atoms. The lowest BCUT2D eigenvalue weighted by Gasteiger charge is -2.22. The number of pyridine rings is 1. The molecule has 0 saturated carbocycles. The van der Waals surface area contributed by atoms with E-state index >= 15 is 0 Å².